The topological polar surface area (TPSA) is 89.6 Å². The minimum atomic E-state index is -0.847. The number of nitrogens with zero attached hydrogens (tertiary/aromatic N) is 6. The van der Waals surface area contributed by atoms with Crippen molar-refractivity contribution in [2.75, 3.05) is 43.2 Å². The van der Waals surface area contributed by atoms with E-state index in [4.69, 9.17) is 4.74 Å². The molecule has 4 heterocycles. The molecule has 40 heavy (non-hydrogen) atoms. The third kappa shape index (κ3) is 4.49. The summed E-state index contributed by atoms with van der Waals surface area (Å²) in [4.78, 5) is 19.8. The van der Waals surface area contributed by atoms with Crippen LogP contribution in [0, 0.1) is 25.6 Å². The Bertz CT molecular complexity index is 1590. The second-order valence-electron chi connectivity index (χ2n) is 10.5. The van der Waals surface area contributed by atoms with Gasteiger partial charge < -0.3 is 15.0 Å². The van der Waals surface area contributed by atoms with E-state index in [1.54, 1.807) is 11.4 Å². The average molecular weight is 554 g/mol. The molecule has 2 aliphatic rings. The minimum absolute atomic E-state index is 0.0948. The van der Waals surface area contributed by atoms with Gasteiger partial charge in [-0.2, -0.15) is 14.6 Å². The van der Waals surface area contributed by atoms with Crippen molar-refractivity contribution in [1.82, 2.24) is 24.4 Å². The zero-order valence-corrected chi connectivity index (χ0v) is 22.4. The second kappa shape index (κ2) is 10.2. The minimum Gasteiger partial charge on any atom is -0.378 e. The Morgan fingerprint density at radius 3 is 2.62 bits per heavy atom. The molecule has 1 saturated carbocycles. The zero-order chi connectivity index (χ0) is 28.0. The van der Waals surface area contributed by atoms with Gasteiger partial charge in [0.1, 0.15) is 17.2 Å². The number of amides is 1. The van der Waals surface area contributed by atoms with E-state index in [2.05, 4.69) is 25.4 Å². The number of anilines is 2. The predicted octanol–water partition coefficient (Wildman–Crippen LogP) is 4.82. The summed E-state index contributed by atoms with van der Waals surface area (Å²) < 4.78 is 51.9. The quantitative estimate of drug-likeness (QED) is 0.353. The molecular formula is C28H30F3N7O2. The van der Waals surface area contributed by atoms with Crippen LogP contribution in [0.15, 0.2) is 30.6 Å². The van der Waals surface area contributed by atoms with Gasteiger partial charge in [-0.05, 0) is 62.4 Å². The molecule has 1 aromatic carbocycles. The highest BCUT2D eigenvalue weighted by molar-refractivity contribution is 6.04. The van der Waals surface area contributed by atoms with Gasteiger partial charge in [-0.25, -0.2) is 18.6 Å². The third-order valence-corrected chi connectivity index (χ3v) is 7.99. The van der Waals surface area contributed by atoms with E-state index >= 15 is 8.78 Å². The summed E-state index contributed by atoms with van der Waals surface area (Å²) in [5.74, 6) is -1.71. The summed E-state index contributed by atoms with van der Waals surface area (Å²) in [6.45, 7) is 5.57. The zero-order valence-electron chi connectivity index (χ0n) is 22.4. The molecule has 3 aromatic heterocycles. The molecule has 0 radical (unpaired) electrons. The molecule has 1 N–H and O–H groups in total. The Labute approximate surface area is 228 Å². The summed E-state index contributed by atoms with van der Waals surface area (Å²) in [5, 5.41) is 11.1. The van der Waals surface area contributed by atoms with Gasteiger partial charge in [-0.15, -0.1) is 0 Å². The van der Waals surface area contributed by atoms with E-state index in [0.717, 1.165) is 28.6 Å². The van der Waals surface area contributed by atoms with Gasteiger partial charge >= 0.3 is 0 Å². The molecule has 1 aliphatic carbocycles. The number of fused-ring (bicyclic) bond motifs is 1. The van der Waals surface area contributed by atoms with Crippen molar-refractivity contribution in [3.05, 3.63) is 59.3 Å². The first-order valence-electron chi connectivity index (χ1n) is 13.4. The molecular weight excluding hydrogens is 523 g/mol. The van der Waals surface area contributed by atoms with Crippen molar-refractivity contribution in [2.45, 2.75) is 45.1 Å². The molecule has 0 spiro atoms. The van der Waals surface area contributed by atoms with Crippen molar-refractivity contribution in [2.24, 2.45) is 0 Å². The van der Waals surface area contributed by atoms with Gasteiger partial charge in [0.15, 0.2) is 5.65 Å². The van der Waals surface area contributed by atoms with Crippen LogP contribution in [0.3, 0.4) is 0 Å². The van der Waals surface area contributed by atoms with E-state index in [1.165, 1.54) is 12.1 Å². The lowest BCUT2D eigenvalue weighted by molar-refractivity contribution is 0.0841. The number of hydrogen-bond acceptors (Lipinski definition) is 6. The number of rotatable bonds is 7. The van der Waals surface area contributed by atoms with Crippen molar-refractivity contribution in [3.63, 3.8) is 0 Å². The standard InChI is InChI=1S/C28H30F3N7O2/c1-17-12-22(30)23(34-27(39)21-15-32-38(25(21)31)28(6-7-29)4-3-5-28)14-20(17)19-13-24(36-8-10-40-11-9-36)26-33-18(2)35-37(26)16-19/h12-16H,3-11H2,1-2H3,(H,34,39). The Morgan fingerprint density at radius 1 is 1.15 bits per heavy atom. The molecule has 0 atom stereocenters. The lowest BCUT2D eigenvalue weighted by Crippen LogP contribution is -2.43. The predicted molar refractivity (Wildman–Crippen MR) is 143 cm³/mol. The highest BCUT2D eigenvalue weighted by Gasteiger charge is 2.42. The molecule has 0 unspecified atom stereocenters. The number of nitrogens with one attached hydrogen (secondary N) is 1. The first-order valence-corrected chi connectivity index (χ1v) is 13.4. The van der Waals surface area contributed by atoms with E-state index in [1.807, 2.05) is 19.2 Å². The van der Waals surface area contributed by atoms with Crippen LogP contribution in [0.2, 0.25) is 0 Å². The number of carbonyl (C=O) groups excluding carboxylic acids is 1. The van der Waals surface area contributed by atoms with Gasteiger partial charge in [-0.1, -0.05) is 0 Å². The largest absolute Gasteiger partial charge is 0.378 e. The fraction of sp³-hybridized carbons (Fsp3) is 0.429. The van der Waals surface area contributed by atoms with Gasteiger partial charge in [0.05, 0.1) is 43.0 Å². The lowest BCUT2D eigenvalue weighted by Gasteiger charge is -2.41. The second-order valence-corrected chi connectivity index (χ2v) is 10.5. The smallest absolute Gasteiger partial charge is 0.262 e. The van der Waals surface area contributed by atoms with Crippen molar-refractivity contribution in [3.8, 4) is 11.1 Å². The Kier molecular flexibility index (Phi) is 6.73. The number of aromatic nitrogens is 5. The highest BCUT2D eigenvalue weighted by atomic mass is 19.1. The third-order valence-electron chi connectivity index (χ3n) is 7.99. The van der Waals surface area contributed by atoms with Crippen LogP contribution < -0.4 is 10.2 Å². The molecule has 0 bridgehead atoms. The number of halogens is 3. The van der Waals surface area contributed by atoms with Crippen molar-refractivity contribution < 1.29 is 22.7 Å². The molecule has 1 saturated heterocycles. The molecule has 12 heteroatoms. The van der Waals surface area contributed by atoms with Crippen LogP contribution in [0.4, 0.5) is 24.5 Å². The molecule has 1 amide bonds. The number of ether oxygens (including phenoxy) is 1. The summed E-state index contributed by atoms with van der Waals surface area (Å²) in [5.41, 5.74) is 2.50. The first-order chi connectivity index (χ1) is 19.3. The monoisotopic (exact) mass is 553 g/mol. The van der Waals surface area contributed by atoms with Gasteiger partial charge in [0.25, 0.3) is 5.91 Å². The van der Waals surface area contributed by atoms with E-state index < -0.39 is 29.9 Å². The number of hydrogen-bond donors (Lipinski definition) is 1. The molecule has 210 valence electrons. The lowest BCUT2D eigenvalue weighted by atomic mass is 9.75. The van der Waals surface area contributed by atoms with Crippen LogP contribution in [0.5, 0.6) is 0 Å². The van der Waals surface area contributed by atoms with Crippen LogP contribution >= 0.6 is 0 Å². The first kappa shape index (κ1) is 26.3. The Hall–Kier alpha value is -3.93. The van der Waals surface area contributed by atoms with E-state index in [-0.39, 0.29) is 17.7 Å². The maximum absolute atomic E-state index is 15.3. The van der Waals surface area contributed by atoms with Gasteiger partial charge in [0.2, 0.25) is 5.95 Å². The number of carbonyl (C=O) groups is 1. The highest BCUT2D eigenvalue weighted by Crippen LogP contribution is 2.42. The van der Waals surface area contributed by atoms with E-state index in [0.29, 0.717) is 61.7 Å². The Morgan fingerprint density at radius 2 is 1.93 bits per heavy atom. The summed E-state index contributed by atoms with van der Waals surface area (Å²) in [6.07, 6.45) is 5.09. The van der Waals surface area contributed by atoms with Crippen LogP contribution in [0.25, 0.3) is 16.8 Å². The maximum atomic E-state index is 15.3. The molecule has 9 nitrogen and oxygen atoms in total. The van der Waals surface area contributed by atoms with Crippen molar-refractivity contribution in [1.29, 1.82) is 0 Å². The fourth-order valence-corrected chi connectivity index (χ4v) is 5.67. The Balaban J connectivity index is 1.34. The van der Waals surface area contributed by atoms with Crippen LogP contribution in [-0.2, 0) is 10.3 Å². The molecule has 6 rings (SSSR count). The number of benzene rings is 1. The number of morpholine rings is 1. The average Bonchev–Trinajstić information content (AvgIpc) is 3.49. The molecule has 1 aliphatic heterocycles. The fourth-order valence-electron chi connectivity index (χ4n) is 5.67. The normalized spacial score (nSPS) is 16.8. The van der Waals surface area contributed by atoms with Crippen LogP contribution in [0.1, 0.15) is 47.4 Å². The van der Waals surface area contributed by atoms with E-state index in [9.17, 15) is 9.18 Å². The summed E-state index contributed by atoms with van der Waals surface area (Å²) in [6, 6.07) is 4.85. The van der Waals surface area contributed by atoms with Crippen LogP contribution in [-0.4, -0.2) is 63.3 Å². The SMILES string of the molecule is Cc1nc2c(N3CCOCC3)cc(-c3cc(NC(=O)c4cnn(C5(CCF)CCC5)c4F)c(F)cc3C)cn2n1. The summed E-state index contributed by atoms with van der Waals surface area (Å²) >= 11 is 0. The van der Waals surface area contributed by atoms with Gasteiger partial charge in [-0.3, -0.25) is 9.18 Å². The van der Waals surface area contributed by atoms with Gasteiger partial charge in [0, 0.05) is 31.3 Å². The molecule has 2 fully saturated rings. The molecule has 4 aromatic rings. The maximum Gasteiger partial charge on any atom is 0.262 e. The number of pyridine rings is 1. The number of aryl methyl sites for hydroxylation is 2. The van der Waals surface area contributed by atoms with Crippen molar-refractivity contribution >= 4 is 22.9 Å². The summed E-state index contributed by atoms with van der Waals surface area (Å²) in [7, 11) is 0. The number of alkyl halides is 1.